The third-order valence-electron chi connectivity index (χ3n) is 4.20. The van der Waals surface area contributed by atoms with E-state index in [1.807, 2.05) is 0 Å². The Labute approximate surface area is 140 Å². The number of hydrogen-bond acceptors (Lipinski definition) is 2. The van der Waals surface area contributed by atoms with Crippen LogP contribution in [0.1, 0.15) is 34.3 Å². The minimum absolute atomic E-state index is 0.119. The van der Waals surface area contributed by atoms with Gasteiger partial charge in [-0.1, -0.05) is 12.1 Å². The summed E-state index contributed by atoms with van der Waals surface area (Å²) >= 11 is 0. The van der Waals surface area contributed by atoms with Gasteiger partial charge in [-0.05, 0) is 54.8 Å². The summed E-state index contributed by atoms with van der Waals surface area (Å²) in [7, 11) is 0. The summed E-state index contributed by atoms with van der Waals surface area (Å²) in [6, 6.07) is 11.9. The Bertz CT molecular complexity index is 771. The van der Waals surface area contributed by atoms with Gasteiger partial charge in [0, 0.05) is 30.8 Å². The fraction of sp³-hybridized carbons (Fsp3) is 0.263. The molecular weight excluding hydrogens is 307 g/mol. The van der Waals surface area contributed by atoms with Crippen LogP contribution >= 0.6 is 0 Å². The minimum atomic E-state index is -0.276. The molecule has 5 heteroatoms. The van der Waals surface area contributed by atoms with Crippen molar-refractivity contribution < 1.29 is 14.0 Å². The molecule has 0 bridgehead atoms. The summed E-state index contributed by atoms with van der Waals surface area (Å²) in [4.78, 5) is 25.6. The molecule has 0 unspecified atom stereocenters. The van der Waals surface area contributed by atoms with Crippen LogP contribution in [0, 0.1) is 12.7 Å². The van der Waals surface area contributed by atoms with Crippen LogP contribution in [0.25, 0.3) is 0 Å². The topological polar surface area (TPSA) is 49.4 Å². The molecule has 2 amide bonds. The fourth-order valence-corrected chi connectivity index (χ4v) is 2.74. The summed E-state index contributed by atoms with van der Waals surface area (Å²) in [5.74, 6) is -0.384. The second-order valence-corrected chi connectivity index (χ2v) is 5.96. The van der Waals surface area contributed by atoms with Crippen molar-refractivity contribution in [1.29, 1.82) is 0 Å². The van der Waals surface area contributed by atoms with Gasteiger partial charge in [0.05, 0.1) is 0 Å². The molecule has 2 aromatic rings. The number of benzene rings is 2. The van der Waals surface area contributed by atoms with Crippen LogP contribution in [0.15, 0.2) is 42.5 Å². The molecule has 1 saturated heterocycles. The third kappa shape index (κ3) is 3.45. The number of nitrogens with zero attached hydrogens (tertiary/aromatic N) is 1. The van der Waals surface area contributed by atoms with Crippen LogP contribution in [-0.4, -0.2) is 18.4 Å². The van der Waals surface area contributed by atoms with E-state index in [2.05, 4.69) is 5.32 Å². The molecule has 4 nitrogen and oxygen atoms in total. The minimum Gasteiger partial charge on any atom is -0.348 e. The smallest absolute Gasteiger partial charge is 0.251 e. The maximum Gasteiger partial charge on any atom is 0.251 e. The van der Waals surface area contributed by atoms with Crippen molar-refractivity contribution in [2.24, 2.45) is 0 Å². The molecule has 1 aliphatic rings. The number of rotatable bonds is 4. The summed E-state index contributed by atoms with van der Waals surface area (Å²) < 4.78 is 13.5. The highest BCUT2D eigenvalue weighted by Gasteiger charge is 2.21. The van der Waals surface area contributed by atoms with Crippen LogP contribution in [0.5, 0.6) is 0 Å². The molecule has 0 atom stereocenters. The first-order valence-corrected chi connectivity index (χ1v) is 7.98. The van der Waals surface area contributed by atoms with Crippen molar-refractivity contribution in [3.8, 4) is 0 Å². The third-order valence-corrected chi connectivity index (χ3v) is 4.20. The molecule has 1 N–H and O–H groups in total. The largest absolute Gasteiger partial charge is 0.348 e. The molecule has 1 fully saturated rings. The summed E-state index contributed by atoms with van der Waals surface area (Å²) in [5, 5.41) is 2.77. The molecule has 124 valence electrons. The normalized spacial score (nSPS) is 14.1. The molecule has 2 aromatic carbocycles. The van der Waals surface area contributed by atoms with E-state index in [4.69, 9.17) is 0 Å². The maximum atomic E-state index is 13.5. The molecule has 3 rings (SSSR count). The van der Waals surface area contributed by atoms with Crippen molar-refractivity contribution in [2.45, 2.75) is 26.3 Å². The molecule has 0 aromatic heterocycles. The van der Waals surface area contributed by atoms with Gasteiger partial charge >= 0.3 is 0 Å². The van der Waals surface area contributed by atoms with Gasteiger partial charge in [-0.3, -0.25) is 9.59 Å². The number of halogens is 1. The predicted octanol–water partition coefficient (Wildman–Crippen LogP) is 3.19. The SMILES string of the molecule is Cc1ccc(CNC(=O)c2ccc(N3CCCC3=O)cc2)cc1F. The van der Waals surface area contributed by atoms with Crippen molar-refractivity contribution in [3.05, 3.63) is 65.0 Å². The molecule has 0 radical (unpaired) electrons. The van der Waals surface area contributed by atoms with Gasteiger partial charge in [-0.25, -0.2) is 4.39 Å². The molecule has 1 heterocycles. The Morgan fingerprint density at radius 2 is 1.96 bits per heavy atom. The Kier molecular flexibility index (Phi) is 4.60. The number of aryl methyl sites for hydroxylation is 1. The van der Waals surface area contributed by atoms with E-state index in [0.717, 1.165) is 18.7 Å². The lowest BCUT2D eigenvalue weighted by atomic mass is 10.1. The van der Waals surface area contributed by atoms with Crippen LogP contribution in [0.3, 0.4) is 0 Å². The van der Waals surface area contributed by atoms with Gasteiger partial charge in [0.2, 0.25) is 5.91 Å². The zero-order valence-corrected chi connectivity index (χ0v) is 13.5. The summed E-state index contributed by atoms with van der Waals surface area (Å²) in [6.45, 7) is 2.69. The van der Waals surface area contributed by atoms with Gasteiger partial charge in [0.25, 0.3) is 5.91 Å². The molecule has 0 saturated carbocycles. The number of carbonyl (C=O) groups excluding carboxylic acids is 2. The predicted molar refractivity (Wildman–Crippen MR) is 90.3 cm³/mol. The van der Waals surface area contributed by atoms with Crippen molar-refractivity contribution in [2.75, 3.05) is 11.4 Å². The highest BCUT2D eigenvalue weighted by atomic mass is 19.1. The zero-order valence-electron chi connectivity index (χ0n) is 13.5. The summed E-state index contributed by atoms with van der Waals surface area (Å²) in [6.07, 6.45) is 1.45. The lowest BCUT2D eigenvalue weighted by molar-refractivity contribution is -0.117. The first-order chi connectivity index (χ1) is 11.5. The van der Waals surface area contributed by atoms with Crippen LogP contribution in [0.2, 0.25) is 0 Å². The maximum absolute atomic E-state index is 13.5. The van der Waals surface area contributed by atoms with Crippen LogP contribution < -0.4 is 10.2 Å². The van der Waals surface area contributed by atoms with Crippen molar-refractivity contribution in [3.63, 3.8) is 0 Å². The number of amides is 2. The highest BCUT2D eigenvalue weighted by molar-refractivity contribution is 5.97. The van der Waals surface area contributed by atoms with E-state index in [9.17, 15) is 14.0 Å². The molecule has 1 aliphatic heterocycles. The second kappa shape index (κ2) is 6.83. The monoisotopic (exact) mass is 326 g/mol. The Morgan fingerprint density at radius 3 is 2.58 bits per heavy atom. The Hall–Kier alpha value is -2.69. The number of anilines is 1. The standard InChI is InChI=1S/C19H19FN2O2/c1-13-4-5-14(11-17(13)20)12-21-19(24)15-6-8-16(9-7-15)22-10-2-3-18(22)23/h4-9,11H,2-3,10,12H2,1H3,(H,21,24). The number of nitrogens with one attached hydrogen (secondary N) is 1. The van der Waals surface area contributed by atoms with Gasteiger partial charge in [-0.15, -0.1) is 0 Å². The van der Waals surface area contributed by atoms with E-state index >= 15 is 0 Å². The Balaban J connectivity index is 1.62. The highest BCUT2D eigenvalue weighted by Crippen LogP contribution is 2.21. The quantitative estimate of drug-likeness (QED) is 0.938. The lowest BCUT2D eigenvalue weighted by Gasteiger charge is -2.15. The molecule has 0 spiro atoms. The van der Waals surface area contributed by atoms with Crippen LogP contribution in [-0.2, 0) is 11.3 Å². The molecule has 0 aliphatic carbocycles. The fourth-order valence-electron chi connectivity index (χ4n) is 2.74. The zero-order chi connectivity index (χ0) is 17.1. The molecular formula is C19H19FN2O2. The van der Waals surface area contributed by atoms with Gasteiger partial charge < -0.3 is 10.2 Å². The summed E-state index contributed by atoms with van der Waals surface area (Å²) in [5.41, 5.74) is 2.62. The van der Waals surface area contributed by atoms with Crippen molar-refractivity contribution >= 4 is 17.5 Å². The van der Waals surface area contributed by atoms with E-state index in [1.165, 1.54) is 6.07 Å². The number of carbonyl (C=O) groups is 2. The number of hydrogen-bond donors (Lipinski definition) is 1. The van der Waals surface area contributed by atoms with Gasteiger partial charge in [0.15, 0.2) is 0 Å². The average molecular weight is 326 g/mol. The molecule has 24 heavy (non-hydrogen) atoms. The van der Waals surface area contributed by atoms with E-state index in [1.54, 1.807) is 48.2 Å². The van der Waals surface area contributed by atoms with Crippen molar-refractivity contribution in [1.82, 2.24) is 5.32 Å². The first kappa shape index (κ1) is 16.2. The van der Waals surface area contributed by atoms with E-state index < -0.39 is 0 Å². The van der Waals surface area contributed by atoms with Gasteiger partial charge in [0.1, 0.15) is 5.82 Å². The van der Waals surface area contributed by atoms with Gasteiger partial charge in [-0.2, -0.15) is 0 Å². The van der Waals surface area contributed by atoms with Crippen LogP contribution in [0.4, 0.5) is 10.1 Å². The van der Waals surface area contributed by atoms with E-state index in [-0.39, 0.29) is 24.2 Å². The first-order valence-electron chi connectivity index (χ1n) is 7.98. The Morgan fingerprint density at radius 1 is 1.21 bits per heavy atom. The lowest BCUT2D eigenvalue weighted by Crippen LogP contribution is -2.25. The van der Waals surface area contributed by atoms with E-state index in [0.29, 0.717) is 23.1 Å². The second-order valence-electron chi connectivity index (χ2n) is 5.96. The average Bonchev–Trinajstić information content (AvgIpc) is 3.02.